The van der Waals surface area contributed by atoms with Crippen molar-refractivity contribution >= 4 is 17.6 Å². The number of anilines is 1. The van der Waals surface area contributed by atoms with E-state index in [0.29, 0.717) is 26.2 Å². The van der Waals surface area contributed by atoms with Crippen molar-refractivity contribution in [1.82, 2.24) is 14.8 Å². The zero-order valence-electron chi connectivity index (χ0n) is 15.1. The highest BCUT2D eigenvalue weighted by Crippen LogP contribution is 2.28. The van der Waals surface area contributed by atoms with Gasteiger partial charge in [0.2, 0.25) is 11.8 Å². The summed E-state index contributed by atoms with van der Waals surface area (Å²) in [6.45, 7) is 4.09. The van der Waals surface area contributed by atoms with Crippen molar-refractivity contribution < 1.29 is 14.3 Å². The minimum absolute atomic E-state index is 0.0165. The Hall–Kier alpha value is -2.31. The van der Waals surface area contributed by atoms with Gasteiger partial charge < -0.3 is 19.4 Å². The van der Waals surface area contributed by atoms with Crippen molar-refractivity contribution in [3.63, 3.8) is 0 Å². The predicted molar refractivity (Wildman–Crippen MR) is 94.5 cm³/mol. The summed E-state index contributed by atoms with van der Waals surface area (Å²) < 4.78 is 6.11. The van der Waals surface area contributed by atoms with Gasteiger partial charge in [-0.15, -0.1) is 0 Å². The zero-order valence-corrected chi connectivity index (χ0v) is 15.1. The molecular formula is C18H26N4O3. The Morgan fingerprint density at radius 1 is 1.20 bits per heavy atom. The molecule has 0 spiro atoms. The van der Waals surface area contributed by atoms with Gasteiger partial charge in [0.1, 0.15) is 6.10 Å². The summed E-state index contributed by atoms with van der Waals surface area (Å²) in [5, 5.41) is 0. The molecule has 7 nitrogen and oxygen atoms in total. The molecule has 0 N–H and O–H groups in total. The van der Waals surface area contributed by atoms with E-state index in [-0.39, 0.29) is 23.8 Å². The van der Waals surface area contributed by atoms with Crippen LogP contribution in [0.2, 0.25) is 0 Å². The van der Waals surface area contributed by atoms with Gasteiger partial charge in [0, 0.05) is 53.3 Å². The van der Waals surface area contributed by atoms with Crippen LogP contribution in [0.25, 0.3) is 0 Å². The summed E-state index contributed by atoms with van der Waals surface area (Å²) in [4.78, 5) is 34.0. The largest absolute Gasteiger partial charge is 0.485 e. The molecule has 0 unspecified atom stereocenters. The number of amides is 2. The lowest BCUT2D eigenvalue weighted by Crippen LogP contribution is -2.37. The quantitative estimate of drug-likeness (QED) is 0.814. The first-order chi connectivity index (χ1) is 12.0. The first-order valence-electron chi connectivity index (χ1n) is 8.79. The third-order valence-electron chi connectivity index (χ3n) is 4.91. The molecule has 0 aromatic carbocycles. The van der Waals surface area contributed by atoms with Crippen molar-refractivity contribution in [2.75, 3.05) is 45.2 Å². The van der Waals surface area contributed by atoms with E-state index in [4.69, 9.17) is 4.74 Å². The predicted octanol–water partition coefficient (Wildman–Crippen LogP) is 0.996. The second-order valence-electron chi connectivity index (χ2n) is 6.98. The molecule has 2 aliphatic rings. The molecule has 2 aliphatic heterocycles. The molecule has 0 radical (unpaired) electrons. The van der Waals surface area contributed by atoms with Crippen LogP contribution in [0.3, 0.4) is 0 Å². The summed E-state index contributed by atoms with van der Waals surface area (Å²) in [5.41, 5.74) is 0. The first kappa shape index (κ1) is 17.5. The highest BCUT2D eigenvalue weighted by atomic mass is 16.5. The fourth-order valence-electron chi connectivity index (χ4n) is 3.52. The van der Waals surface area contributed by atoms with Crippen molar-refractivity contribution in [3.05, 3.63) is 18.3 Å². The average Bonchev–Trinajstić information content (AvgIpc) is 3.24. The number of carbonyl (C=O) groups excluding carboxylic acids is 2. The Balaban J connectivity index is 1.57. The molecule has 7 heteroatoms. The van der Waals surface area contributed by atoms with Crippen LogP contribution >= 0.6 is 0 Å². The summed E-state index contributed by atoms with van der Waals surface area (Å²) in [6, 6.07) is 3.77. The molecule has 136 valence electrons. The Labute approximate surface area is 148 Å². The molecule has 0 aliphatic carbocycles. The van der Waals surface area contributed by atoms with Crippen LogP contribution in [-0.2, 0) is 9.59 Å². The van der Waals surface area contributed by atoms with Crippen molar-refractivity contribution in [3.8, 4) is 5.75 Å². The summed E-state index contributed by atoms with van der Waals surface area (Å²) in [7, 11) is 3.86. The lowest BCUT2D eigenvalue weighted by molar-refractivity contribution is -0.134. The number of hydrogen-bond donors (Lipinski definition) is 0. The van der Waals surface area contributed by atoms with E-state index in [1.54, 1.807) is 18.0 Å². The lowest BCUT2D eigenvalue weighted by atomic mass is 10.1. The SMILES string of the molecule is CC(=O)N1CC[C@@H](C(=O)N2CC[C@@H](Oc3cccnc3N(C)C)C2)C1. The maximum atomic E-state index is 12.7. The van der Waals surface area contributed by atoms with E-state index in [1.165, 1.54) is 0 Å². The second kappa shape index (κ2) is 7.29. The molecule has 3 rings (SSSR count). The number of aromatic nitrogens is 1. The van der Waals surface area contributed by atoms with E-state index < -0.39 is 0 Å². The first-order valence-corrected chi connectivity index (χ1v) is 8.79. The fraction of sp³-hybridized carbons (Fsp3) is 0.611. The van der Waals surface area contributed by atoms with Crippen LogP contribution < -0.4 is 9.64 Å². The number of hydrogen-bond acceptors (Lipinski definition) is 5. The Kier molecular flexibility index (Phi) is 5.11. The second-order valence-corrected chi connectivity index (χ2v) is 6.98. The molecule has 0 bridgehead atoms. The van der Waals surface area contributed by atoms with Gasteiger partial charge in [-0.1, -0.05) is 0 Å². The Morgan fingerprint density at radius 2 is 1.96 bits per heavy atom. The van der Waals surface area contributed by atoms with Gasteiger partial charge in [-0.25, -0.2) is 4.98 Å². The van der Waals surface area contributed by atoms with Crippen LogP contribution in [0.1, 0.15) is 19.8 Å². The van der Waals surface area contributed by atoms with E-state index in [2.05, 4.69) is 4.98 Å². The van der Waals surface area contributed by atoms with Gasteiger partial charge >= 0.3 is 0 Å². The topological polar surface area (TPSA) is 66.0 Å². The molecule has 0 saturated carbocycles. The normalized spacial score (nSPS) is 23.0. The monoisotopic (exact) mass is 346 g/mol. The zero-order chi connectivity index (χ0) is 18.0. The van der Waals surface area contributed by atoms with Gasteiger partial charge in [-0.05, 0) is 18.6 Å². The molecule has 2 fully saturated rings. The number of rotatable bonds is 4. The highest BCUT2D eigenvalue weighted by Gasteiger charge is 2.36. The third-order valence-corrected chi connectivity index (χ3v) is 4.91. The van der Waals surface area contributed by atoms with Gasteiger partial charge in [-0.2, -0.15) is 0 Å². The average molecular weight is 346 g/mol. The van der Waals surface area contributed by atoms with E-state index in [0.717, 1.165) is 24.4 Å². The molecule has 1 aromatic rings. The van der Waals surface area contributed by atoms with Crippen LogP contribution in [0.15, 0.2) is 18.3 Å². The Bertz CT molecular complexity index is 649. The standard InChI is InChI=1S/C18H26N4O3/c1-13(23)21-9-6-14(11-21)18(24)22-10-7-15(12-22)25-16-5-4-8-19-17(16)20(2)3/h4-5,8,14-15H,6-7,9-12H2,1-3H3/t14-,15-/m1/s1. The summed E-state index contributed by atoms with van der Waals surface area (Å²) in [6.07, 6.45) is 3.30. The van der Waals surface area contributed by atoms with E-state index in [9.17, 15) is 9.59 Å². The van der Waals surface area contributed by atoms with Crippen molar-refractivity contribution in [2.24, 2.45) is 5.92 Å². The van der Waals surface area contributed by atoms with Gasteiger partial charge in [-0.3, -0.25) is 9.59 Å². The molecular weight excluding hydrogens is 320 g/mol. The molecule has 1 aromatic heterocycles. The molecule has 2 atom stereocenters. The number of pyridine rings is 1. The number of likely N-dealkylation sites (tertiary alicyclic amines) is 2. The minimum Gasteiger partial charge on any atom is -0.485 e. The van der Waals surface area contributed by atoms with Gasteiger partial charge in [0.15, 0.2) is 11.6 Å². The van der Waals surface area contributed by atoms with Crippen LogP contribution in [0, 0.1) is 5.92 Å². The highest BCUT2D eigenvalue weighted by molar-refractivity contribution is 5.81. The molecule has 2 amide bonds. The maximum absolute atomic E-state index is 12.7. The Morgan fingerprint density at radius 3 is 2.64 bits per heavy atom. The van der Waals surface area contributed by atoms with Crippen LogP contribution in [0.4, 0.5) is 5.82 Å². The van der Waals surface area contributed by atoms with Crippen LogP contribution in [-0.4, -0.2) is 73.0 Å². The number of carbonyl (C=O) groups is 2. The molecule has 2 saturated heterocycles. The lowest BCUT2D eigenvalue weighted by Gasteiger charge is -2.22. The summed E-state index contributed by atoms with van der Waals surface area (Å²) >= 11 is 0. The van der Waals surface area contributed by atoms with Gasteiger partial charge in [0.25, 0.3) is 0 Å². The van der Waals surface area contributed by atoms with E-state index >= 15 is 0 Å². The minimum atomic E-state index is -0.0709. The third kappa shape index (κ3) is 3.86. The van der Waals surface area contributed by atoms with Crippen LogP contribution in [0.5, 0.6) is 5.75 Å². The summed E-state index contributed by atoms with van der Waals surface area (Å²) in [5.74, 6) is 1.66. The van der Waals surface area contributed by atoms with E-state index in [1.807, 2.05) is 36.0 Å². The molecule has 25 heavy (non-hydrogen) atoms. The number of nitrogens with zero attached hydrogens (tertiary/aromatic N) is 4. The fourth-order valence-corrected chi connectivity index (χ4v) is 3.52. The van der Waals surface area contributed by atoms with Crippen molar-refractivity contribution in [1.29, 1.82) is 0 Å². The van der Waals surface area contributed by atoms with Gasteiger partial charge in [0.05, 0.1) is 12.5 Å². The number of ether oxygens (including phenoxy) is 1. The maximum Gasteiger partial charge on any atom is 0.227 e. The van der Waals surface area contributed by atoms with Crippen molar-refractivity contribution in [2.45, 2.75) is 25.9 Å². The smallest absolute Gasteiger partial charge is 0.227 e. The molecule has 3 heterocycles.